The van der Waals surface area contributed by atoms with Crippen molar-refractivity contribution in [2.24, 2.45) is 0 Å². The Bertz CT molecular complexity index is 1100. The number of fused-ring (bicyclic) bond motifs is 1. The summed E-state index contributed by atoms with van der Waals surface area (Å²) in [4.78, 5) is 4.42. The summed E-state index contributed by atoms with van der Waals surface area (Å²) in [6, 6.07) is 17.5. The van der Waals surface area contributed by atoms with Crippen molar-refractivity contribution >= 4 is 34.0 Å². The SMILES string of the molecule is COc1cc(OCc2nccn2Cc2cc(Cl)cc(Cl)c2)cc2ccccc12. The molecule has 4 rings (SSSR count). The molecule has 28 heavy (non-hydrogen) atoms. The first-order valence-electron chi connectivity index (χ1n) is 8.77. The second kappa shape index (κ2) is 8.13. The number of benzene rings is 3. The van der Waals surface area contributed by atoms with Gasteiger partial charge in [0.25, 0.3) is 0 Å². The third-order valence-electron chi connectivity index (χ3n) is 4.46. The third kappa shape index (κ3) is 4.08. The molecule has 0 aliphatic carbocycles. The summed E-state index contributed by atoms with van der Waals surface area (Å²) in [5, 5.41) is 3.35. The van der Waals surface area contributed by atoms with Crippen LogP contribution in [0.5, 0.6) is 11.5 Å². The van der Waals surface area contributed by atoms with E-state index in [1.165, 1.54) is 0 Å². The summed E-state index contributed by atoms with van der Waals surface area (Å²) >= 11 is 12.2. The average Bonchev–Trinajstić information content (AvgIpc) is 3.11. The second-order valence-corrected chi connectivity index (χ2v) is 7.26. The van der Waals surface area contributed by atoms with Gasteiger partial charge in [-0.2, -0.15) is 0 Å². The number of rotatable bonds is 6. The molecular weight excluding hydrogens is 395 g/mol. The zero-order chi connectivity index (χ0) is 19.5. The number of imidazole rings is 1. The van der Waals surface area contributed by atoms with E-state index in [2.05, 4.69) is 4.98 Å². The van der Waals surface area contributed by atoms with Crippen molar-refractivity contribution in [2.45, 2.75) is 13.2 Å². The monoisotopic (exact) mass is 412 g/mol. The molecule has 0 radical (unpaired) electrons. The molecule has 3 aromatic carbocycles. The van der Waals surface area contributed by atoms with Gasteiger partial charge in [-0.25, -0.2) is 4.98 Å². The zero-order valence-electron chi connectivity index (χ0n) is 15.2. The molecule has 0 saturated carbocycles. The van der Waals surface area contributed by atoms with Crippen LogP contribution in [-0.2, 0) is 13.2 Å². The minimum Gasteiger partial charge on any atom is -0.496 e. The molecule has 0 aliphatic heterocycles. The number of hydrogen-bond acceptors (Lipinski definition) is 3. The molecule has 0 fully saturated rings. The van der Waals surface area contributed by atoms with Crippen molar-refractivity contribution in [3.63, 3.8) is 0 Å². The van der Waals surface area contributed by atoms with Crippen LogP contribution in [0.2, 0.25) is 10.0 Å². The molecule has 0 amide bonds. The minimum absolute atomic E-state index is 0.336. The largest absolute Gasteiger partial charge is 0.496 e. The lowest BCUT2D eigenvalue weighted by atomic mass is 10.1. The van der Waals surface area contributed by atoms with Gasteiger partial charge >= 0.3 is 0 Å². The fourth-order valence-electron chi connectivity index (χ4n) is 3.17. The molecule has 1 aromatic heterocycles. The van der Waals surface area contributed by atoms with E-state index in [1.807, 2.05) is 59.3 Å². The zero-order valence-corrected chi connectivity index (χ0v) is 16.7. The van der Waals surface area contributed by atoms with Crippen LogP contribution in [-0.4, -0.2) is 16.7 Å². The van der Waals surface area contributed by atoms with Crippen molar-refractivity contribution in [1.82, 2.24) is 9.55 Å². The number of aromatic nitrogens is 2. The molecule has 142 valence electrons. The van der Waals surface area contributed by atoms with E-state index < -0.39 is 0 Å². The summed E-state index contributed by atoms with van der Waals surface area (Å²) in [5.74, 6) is 2.32. The fraction of sp³-hybridized carbons (Fsp3) is 0.136. The summed E-state index contributed by atoms with van der Waals surface area (Å²) < 4.78 is 13.5. The first kappa shape index (κ1) is 18.7. The molecule has 0 aliphatic rings. The molecular formula is C22H18Cl2N2O2. The molecule has 4 nitrogen and oxygen atoms in total. The van der Waals surface area contributed by atoms with Crippen LogP contribution in [0.25, 0.3) is 10.8 Å². The van der Waals surface area contributed by atoms with Crippen LogP contribution in [0.4, 0.5) is 0 Å². The van der Waals surface area contributed by atoms with Crippen LogP contribution in [0.3, 0.4) is 0 Å². The van der Waals surface area contributed by atoms with Crippen molar-refractivity contribution in [3.8, 4) is 11.5 Å². The highest BCUT2D eigenvalue weighted by atomic mass is 35.5. The molecule has 0 atom stereocenters. The number of hydrogen-bond donors (Lipinski definition) is 0. The van der Waals surface area contributed by atoms with Crippen LogP contribution in [0, 0.1) is 0 Å². The Morgan fingerprint density at radius 1 is 1.00 bits per heavy atom. The van der Waals surface area contributed by atoms with Crippen molar-refractivity contribution in [1.29, 1.82) is 0 Å². The van der Waals surface area contributed by atoms with E-state index in [-0.39, 0.29) is 0 Å². The van der Waals surface area contributed by atoms with Gasteiger partial charge in [0.15, 0.2) is 0 Å². The smallest absolute Gasteiger partial charge is 0.147 e. The summed E-state index contributed by atoms with van der Waals surface area (Å²) in [6.45, 7) is 0.947. The first-order valence-corrected chi connectivity index (χ1v) is 9.52. The van der Waals surface area contributed by atoms with E-state index in [1.54, 1.807) is 19.4 Å². The summed E-state index contributed by atoms with van der Waals surface area (Å²) in [6.07, 6.45) is 3.67. The van der Waals surface area contributed by atoms with Crippen LogP contribution in [0.1, 0.15) is 11.4 Å². The predicted molar refractivity (Wildman–Crippen MR) is 113 cm³/mol. The first-order chi connectivity index (χ1) is 13.6. The normalized spacial score (nSPS) is 11.0. The number of ether oxygens (including phenoxy) is 2. The number of nitrogens with zero attached hydrogens (tertiary/aromatic N) is 2. The Morgan fingerprint density at radius 2 is 1.79 bits per heavy atom. The summed E-state index contributed by atoms with van der Waals surface area (Å²) in [7, 11) is 1.66. The highest BCUT2D eigenvalue weighted by Crippen LogP contribution is 2.31. The second-order valence-electron chi connectivity index (χ2n) is 6.38. The minimum atomic E-state index is 0.336. The lowest BCUT2D eigenvalue weighted by molar-refractivity contribution is 0.289. The molecule has 1 heterocycles. The van der Waals surface area contributed by atoms with E-state index in [0.717, 1.165) is 33.7 Å². The van der Waals surface area contributed by atoms with E-state index in [9.17, 15) is 0 Å². The van der Waals surface area contributed by atoms with Crippen LogP contribution >= 0.6 is 23.2 Å². The van der Waals surface area contributed by atoms with Gasteiger partial charge in [0.2, 0.25) is 0 Å². The van der Waals surface area contributed by atoms with Gasteiger partial charge in [-0.3, -0.25) is 0 Å². The van der Waals surface area contributed by atoms with Crippen molar-refractivity contribution in [3.05, 3.63) is 88.4 Å². The molecule has 6 heteroatoms. The fourth-order valence-corrected chi connectivity index (χ4v) is 3.74. The van der Waals surface area contributed by atoms with Gasteiger partial charge < -0.3 is 14.0 Å². The van der Waals surface area contributed by atoms with E-state index in [0.29, 0.717) is 23.2 Å². The highest BCUT2D eigenvalue weighted by Gasteiger charge is 2.09. The lowest BCUT2D eigenvalue weighted by Crippen LogP contribution is -2.08. The van der Waals surface area contributed by atoms with Crippen molar-refractivity contribution in [2.75, 3.05) is 7.11 Å². The van der Waals surface area contributed by atoms with Gasteiger partial charge in [0.1, 0.15) is 23.9 Å². The molecule has 0 saturated heterocycles. The highest BCUT2D eigenvalue weighted by molar-refractivity contribution is 6.34. The number of halogens is 2. The number of methoxy groups -OCH3 is 1. The Kier molecular flexibility index (Phi) is 5.42. The molecule has 4 aromatic rings. The third-order valence-corrected chi connectivity index (χ3v) is 4.90. The van der Waals surface area contributed by atoms with Crippen LogP contribution < -0.4 is 9.47 Å². The lowest BCUT2D eigenvalue weighted by Gasteiger charge is -2.12. The molecule has 0 spiro atoms. The van der Waals surface area contributed by atoms with Gasteiger partial charge in [0.05, 0.1) is 7.11 Å². The van der Waals surface area contributed by atoms with Crippen molar-refractivity contribution < 1.29 is 9.47 Å². The van der Waals surface area contributed by atoms with Gasteiger partial charge in [-0.1, -0.05) is 47.5 Å². The van der Waals surface area contributed by atoms with Gasteiger partial charge in [-0.15, -0.1) is 0 Å². The maximum atomic E-state index is 6.10. The predicted octanol–water partition coefficient (Wildman–Crippen LogP) is 5.98. The van der Waals surface area contributed by atoms with Gasteiger partial charge in [-0.05, 0) is 35.2 Å². The Balaban J connectivity index is 1.53. The quantitative estimate of drug-likeness (QED) is 0.390. The van der Waals surface area contributed by atoms with Gasteiger partial charge in [0, 0.05) is 40.4 Å². The Morgan fingerprint density at radius 3 is 2.57 bits per heavy atom. The maximum Gasteiger partial charge on any atom is 0.147 e. The molecule has 0 bridgehead atoms. The van der Waals surface area contributed by atoms with E-state index >= 15 is 0 Å². The average molecular weight is 413 g/mol. The topological polar surface area (TPSA) is 36.3 Å². The molecule has 0 unspecified atom stereocenters. The van der Waals surface area contributed by atoms with Crippen LogP contribution in [0.15, 0.2) is 67.0 Å². The van der Waals surface area contributed by atoms with E-state index in [4.69, 9.17) is 32.7 Å². The standard InChI is InChI=1S/C22H18Cl2N2O2/c1-27-21-12-19(10-16-4-2-3-5-20(16)21)28-14-22-25-6-7-26(22)13-15-8-17(23)11-18(24)9-15/h2-12H,13-14H2,1H3. The Labute approximate surface area is 173 Å². The maximum absolute atomic E-state index is 6.10. The Hall–Kier alpha value is -2.69. The summed E-state index contributed by atoms with van der Waals surface area (Å²) in [5.41, 5.74) is 1.00. The molecule has 0 N–H and O–H groups in total.